The highest BCUT2D eigenvalue weighted by molar-refractivity contribution is 9.10. The fourth-order valence-electron chi connectivity index (χ4n) is 1.49. The van der Waals surface area contributed by atoms with Crippen molar-refractivity contribution in [2.45, 2.75) is 19.1 Å². The molecule has 1 heterocycles. The smallest absolute Gasteiger partial charge is 0.283 e. The molecule has 0 saturated carbocycles. The summed E-state index contributed by atoms with van der Waals surface area (Å²) >= 11 is 4.75. The highest BCUT2D eigenvalue weighted by Gasteiger charge is 2.20. The van der Waals surface area contributed by atoms with Crippen LogP contribution in [0.1, 0.15) is 6.92 Å². The minimum absolute atomic E-state index is 0.144. The van der Waals surface area contributed by atoms with Crippen LogP contribution in [0.4, 0.5) is 5.69 Å². The van der Waals surface area contributed by atoms with E-state index in [4.69, 9.17) is 5.11 Å². The van der Waals surface area contributed by atoms with Gasteiger partial charge in [-0.05, 0) is 29.1 Å². The van der Waals surface area contributed by atoms with Gasteiger partial charge in [-0.3, -0.25) is 4.79 Å². The first-order valence-corrected chi connectivity index (χ1v) is 7.91. The normalized spacial score (nSPS) is 14.2. The highest BCUT2D eigenvalue weighted by Crippen LogP contribution is 2.18. The fourth-order valence-corrected chi connectivity index (χ4v) is 2.66. The van der Waals surface area contributed by atoms with Crippen LogP contribution < -0.4 is 10.9 Å². The van der Waals surface area contributed by atoms with E-state index >= 15 is 0 Å². The summed E-state index contributed by atoms with van der Waals surface area (Å²) in [6.07, 6.45) is 3.42. The zero-order chi connectivity index (χ0) is 14.5. The van der Waals surface area contributed by atoms with Crippen LogP contribution in [0.15, 0.2) is 15.5 Å². The Labute approximate surface area is 124 Å². The molecule has 0 radical (unpaired) electrons. The maximum Gasteiger partial charge on any atom is 0.283 e. The van der Waals surface area contributed by atoms with Crippen LogP contribution in [0, 0.1) is 0 Å². The lowest BCUT2D eigenvalue weighted by Crippen LogP contribution is -2.36. The van der Waals surface area contributed by atoms with Gasteiger partial charge in [0.1, 0.15) is 4.47 Å². The molecule has 0 spiro atoms. The molecular formula is C11H18BrN3O3S. The van der Waals surface area contributed by atoms with E-state index < -0.39 is 5.60 Å². The first-order chi connectivity index (χ1) is 8.91. The lowest BCUT2D eigenvalue weighted by molar-refractivity contribution is 0.0997. The van der Waals surface area contributed by atoms with Crippen LogP contribution in [0.2, 0.25) is 0 Å². The number of hydrogen-bond acceptors (Lipinski definition) is 6. The topological polar surface area (TPSA) is 87.4 Å². The van der Waals surface area contributed by atoms with Crippen molar-refractivity contribution in [2.24, 2.45) is 0 Å². The van der Waals surface area contributed by atoms with Gasteiger partial charge in [0, 0.05) is 12.3 Å². The number of aromatic nitrogens is 2. The van der Waals surface area contributed by atoms with E-state index in [0.717, 1.165) is 0 Å². The molecular weight excluding hydrogens is 334 g/mol. The van der Waals surface area contributed by atoms with Gasteiger partial charge in [-0.2, -0.15) is 16.9 Å². The summed E-state index contributed by atoms with van der Waals surface area (Å²) in [5, 5.41) is 25.8. The van der Waals surface area contributed by atoms with Crippen molar-refractivity contribution in [1.29, 1.82) is 0 Å². The Hall–Kier alpha value is -0.570. The number of hydrogen-bond donors (Lipinski definition) is 3. The average molecular weight is 352 g/mol. The Morgan fingerprint density at radius 3 is 2.89 bits per heavy atom. The number of aliphatic hydroxyl groups excluding tert-OH is 1. The van der Waals surface area contributed by atoms with Crippen LogP contribution in [0.25, 0.3) is 0 Å². The molecule has 3 N–H and O–H groups in total. The molecule has 1 unspecified atom stereocenters. The number of thioether (sulfide) groups is 1. The summed E-state index contributed by atoms with van der Waals surface area (Å²) in [6, 6.07) is 0. The predicted octanol–water partition coefficient (Wildman–Crippen LogP) is 0.524. The Kier molecular flexibility index (Phi) is 6.31. The monoisotopic (exact) mass is 351 g/mol. The first-order valence-electron chi connectivity index (χ1n) is 5.73. The predicted molar refractivity (Wildman–Crippen MR) is 80.8 cm³/mol. The third kappa shape index (κ3) is 4.79. The molecule has 8 heteroatoms. The van der Waals surface area contributed by atoms with Gasteiger partial charge in [0.25, 0.3) is 5.56 Å². The summed E-state index contributed by atoms with van der Waals surface area (Å²) in [5.41, 5.74) is -0.650. The zero-order valence-corrected chi connectivity index (χ0v) is 13.3. The average Bonchev–Trinajstić information content (AvgIpc) is 2.34. The third-order valence-corrected chi connectivity index (χ3v) is 4.09. The van der Waals surface area contributed by atoms with E-state index in [9.17, 15) is 9.90 Å². The van der Waals surface area contributed by atoms with Crippen LogP contribution in [-0.2, 0) is 6.54 Å². The van der Waals surface area contributed by atoms with Gasteiger partial charge in [-0.25, -0.2) is 4.68 Å². The maximum atomic E-state index is 11.9. The van der Waals surface area contributed by atoms with Gasteiger partial charge in [0.2, 0.25) is 0 Å². The number of rotatable bonds is 7. The van der Waals surface area contributed by atoms with E-state index in [1.807, 2.05) is 6.26 Å². The molecule has 0 saturated heterocycles. The number of aliphatic hydroxyl groups is 2. The van der Waals surface area contributed by atoms with Crippen LogP contribution >= 0.6 is 27.7 Å². The first kappa shape index (κ1) is 16.5. The summed E-state index contributed by atoms with van der Waals surface area (Å²) in [7, 11) is 0. The van der Waals surface area contributed by atoms with Crippen LogP contribution in [0.3, 0.4) is 0 Å². The molecule has 0 fully saturated rings. The standard InChI is InChI=1S/C11H18BrN3O3S/c1-11(18,7-19-2)6-13-8-5-14-15(3-4-16)10(17)9(8)12/h5,13,16,18H,3-4,6-7H2,1-2H3. The minimum Gasteiger partial charge on any atom is -0.394 e. The Morgan fingerprint density at radius 1 is 1.63 bits per heavy atom. The van der Waals surface area contributed by atoms with Crippen molar-refractivity contribution >= 4 is 33.4 Å². The SMILES string of the molecule is CSCC(C)(O)CNc1cnn(CCO)c(=O)c1Br. The maximum absolute atomic E-state index is 11.9. The number of halogens is 1. The molecule has 1 atom stereocenters. The van der Waals surface area contributed by atoms with E-state index in [2.05, 4.69) is 26.3 Å². The zero-order valence-electron chi connectivity index (χ0n) is 10.9. The van der Waals surface area contributed by atoms with Crippen molar-refractivity contribution in [3.63, 3.8) is 0 Å². The fraction of sp³-hybridized carbons (Fsp3) is 0.636. The summed E-state index contributed by atoms with van der Waals surface area (Å²) in [4.78, 5) is 11.9. The van der Waals surface area contributed by atoms with Crippen molar-refractivity contribution in [3.05, 3.63) is 21.0 Å². The molecule has 0 aliphatic carbocycles. The molecule has 0 bridgehead atoms. The Morgan fingerprint density at radius 2 is 2.32 bits per heavy atom. The van der Waals surface area contributed by atoms with Gasteiger partial charge in [-0.1, -0.05) is 0 Å². The molecule has 1 aromatic rings. The van der Waals surface area contributed by atoms with E-state index in [-0.39, 0.29) is 18.7 Å². The second-order valence-electron chi connectivity index (χ2n) is 4.41. The van der Waals surface area contributed by atoms with E-state index in [1.165, 1.54) is 10.9 Å². The van der Waals surface area contributed by atoms with Gasteiger partial charge < -0.3 is 15.5 Å². The van der Waals surface area contributed by atoms with E-state index in [1.54, 1.807) is 18.7 Å². The molecule has 0 aliphatic rings. The number of anilines is 1. The summed E-state index contributed by atoms with van der Waals surface area (Å²) < 4.78 is 1.52. The second kappa shape index (κ2) is 7.28. The van der Waals surface area contributed by atoms with Crippen molar-refractivity contribution < 1.29 is 10.2 Å². The van der Waals surface area contributed by atoms with Gasteiger partial charge >= 0.3 is 0 Å². The molecule has 0 amide bonds. The molecule has 108 valence electrons. The molecule has 1 rings (SSSR count). The lowest BCUT2D eigenvalue weighted by atomic mass is 10.1. The molecule has 0 aliphatic heterocycles. The molecule has 6 nitrogen and oxygen atoms in total. The quantitative estimate of drug-likeness (QED) is 0.663. The Bertz CT molecular complexity index is 479. The van der Waals surface area contributed by atoms with Gasteiger partial charge in [0.15, 0.2) is 0 Å². The van der Waals surface area contributed by atoms with Gasteiger partial charge in [0.05, 0.1) is 30.6 Å². The molecule has 19 heavy (non-hydrogen) atoms. The number of nitrogens with zero attached hydrogens (tertiary/aromatic N) is 2. The molecule has 0 aromatic carbocycles. The molecule has 1 aromatic heterocycles. The highest BCUT2D eigenvalue weighted by atomic mass is 79.9. The lowest BCUT2D eigenvalue weighted by Gasteiger charge is -2.23. The van der Waals surface area contributed by atoms with Crippen molar-refractivity contribution in [1.82, 2.24) is 9.78 Å². The van der Waals surface area contributed by atoms with E-state index in [0.29, 0.717) is 22.5 Å². The summed E-state index contributed by atoms with van der Waals surface area (Å²) in [6.45, 7) is 2.05. The van der Waals surface area contributed by atoms with Crippen molar-refractivity contribution in [2.75, 3.05) is 30.5 Å². The number of nitrogens with one attached hydrogen (secondary N) is 1. The van der Waals surface area contributed by atoms with Gasteiger partial charge in [-0.15, -0.1) is 0 Å². The minimum atomic E-state index is -0.862. The largest absolute Gasteiger partial charge is 0.394 e. The second-order valence-corrected chi connectivity index (χ2v) is 6.07. The van der Waals surface area contributed by atoms with Crippen LogP contribution in [-0.4, -0.2) is 50.8 Å². The summed E-state index contributed by atoms with van der Waals surface area (Å²) in [5.74, 6) is 0.590. The van der Waals surface area contributed by atoms with Crippen molar-refractivity contribution in [3.8, 4) is 0 Å². The van der Waals surface area contributed by atoms with Crippen LogP contribution in [0.5, 0.6) is 0 Å². The Balaban J connectivity index is 2.81. The third-order valence-electron chi connectivity index (χ3n) is 2.41.